The molecule has 1 aliphatic heterocycles. The summed E-state index contributed by atoms with van der Waals surface area (Å²) >= 11 is 0. The Bertz CT molecular complexity index is 1190. The summed E-state index contributed by atoms with van der Waals surface area (Å²) in [6, 6.07) is 17.4. The van der Waals surface area contributed by atoms with Gasteiger partial charge in [-0.15, -0.1) is 0 Å². The van der Waals surface area contributed by atoms with Crippen LogP contribution in [-0.2, 0) is 17.5 Å². The Balaban J connectivity index is 1.54. The molecule has 4 rings (SSSR count). The average Bonchev–Trinajstić information content (AvgIpc) is 3.00. The van der Waals surface area contributed by atoms with Crippen molar-refractivity contribution >= 4 is 17.4 Å². The smallest absolute Gasteiger partial charge is 0.369 e. The predicted molar refractivity (Wildman–Crippen MR) is 131 cm³/mol. The lowest BCUT2D eigenvalue weighted by Crippen LogP contribution is -2.33. The van der Waals surface area contributed by atoms with Crippen molar-refractivity contribution in [3.63, 3.8) is 0 Å². The van der Waals surface area contributed by atoms with Gasteiger partial charge in [-0.25, -0.2) is 9.97 Å². The standard InChI is InChI=1S/C26H28F3N5O2/c1-30-12-11-22(19-8-4-3-5-9-19)36-17-18-7-6-10-20(15-18)34-14-13-33(2)23-21(24(34)35)16-31-25(32-23)26(27,28)29/h3-10,15-16,22,30H,11-14,17H2,1-2H3. The SMILES string of the molecule is CNCCC(OCc1cccc(N2CCN(C)c3nc(C(F)(F)F)ncc3C2=O)c1)c1ccccc1. The minimum absolute atomic E-state index is 0.0282. The van der Waals surface area contributed by atoms with Gasteiger partial charge in [0.25, 0.3) is 5.91 Å². The number of nitrogens with one attached hydrogen (secondary N) is 1. The van der Waals surface area contributed by atoms with Gasteiger partial charge in [0.15, 0.2) is 0 Å². The number of alkyl halides is 3. The highest BCUT2D eigenvalue weighted by atomic mass is 19.4. The molecule has 3 aromatic rings. The molecule has 2 heterocycles. The van der Waals surface area contributed by atoms with Gasteiger partial charge in [-0.1, -0.05) is 42.5 Å². The molecule has 1 aliphatic rings. The van der Waals surface area contributed by atoms with Crippen LogP contribution in [0.1, 0.15) is 39.8 Å². The zero-order valence-electron chi connectivity index (χ0n) is 20.1. The Hall–Kier alpha value is -3.50. The molecule has 1 atom stereocenters. The molecular formula is C26H28F3N5O2. The summed E-state index contributed by atoms with van der Waals surface area (Å²) in [4.78, 5) is 23.5. The fraction of sp³-hybridized carbons (Fsp3) is 0.346. The van der Waals surface area contributed by atoms with Crippen molar-refractivity contribution in [3.05, 3.63) is 83.3 Å². The number of fused-ring (bicyclic) bond motifs is 1. The number of benzene rings is 2. The molecule has 0 radical (unpaired) electrons. The number of likely N-dealkylation sites (N-methyl/N-ethyl adjacent to an activating group) is 1. The molecule has 1 aromatic heterocycles. The Morgan fingerprint density at radius 1 is 1.11 bits per heavy atom. The largest absolute Gasteiger partial charge is 0.451 e. The number of hydrogen-bond acceptors (Lipinski definition) is 6. The summed E-state index contributed by atoms with van der Waals surface area (Å²) in [6.07, 6.45) is -3.03. The molecule has 0 spiro atoms. The quantitative estimate of drug-likeness (QED) is 0.494. The summed E-state index contributed by atoms with van der Waals surface area (Å²) in [7, 11) is 3.51. The predicted octanol–water partition coefficient (Wildman–Crippen LogP) is 4.46. The lowest BCUT2D eigenvalue weighted by atomic mass is 10.1. The van der Waals surface area contributed by atoms with Crippen LogP contribution in [0.2, 0.25) is 0 Å². The van der Waals surface area contributed by atoms with E-state index in [0.29, 0.717) is 18.8 Å². The highest BCUT2D eigenvalue weighted by molar-refractivity contribution is 6.09. The number of carbonyl (C=O) groups is 1. The van der Waals surface area contributed by atoms with Crippen LogP contribution in [0.25, 0.3) is 0 Å². The molecule has 1 unspecified atom stereocenters. The number of nitrogens with zero attached hydrogens (tertiary/aromatic N) is 4. The Morgan fingerprint density at radius 2 is 1.89 bits per heavy atom. The van der Waals surface area contributed by atoms with Crippen molar-refractivity contribution in [1.82, 2.24) is 15.3 Å². The van der Waals surface area contributed by atoms with Crippen molar-refractivity contribution in [2.75, 3.05) is 43.5 Å². The molecule has 10 heteroatoms. The minimum atomic E-state index is -4.69. The summed E-state index contributed by atoms with van der Waals surface area (Å²) in [6.45, 7) is 1.74. The molecule has 2 aromatic carbocycles. The monoisotopic (exact) mass is 499 g/mol. The van der Waals surface area contributed by atoms with E-state index >= 15 is 0 Å². The van der Waals surface area contributed by atoms with Gasteiger partial charge in [-0.2, -0.15) is 13.2 Å². The van der Waals surface area contributed by atoms with E-state index in [4.69, 9.17) is 4.74 Å². The highest BCUT2D eigenvalue weighted by Crippen LogP contribution is 2.31. The number of anilines is 2. The lowest BCUT2D eigenvalue weighted by Gasteiger charge is -2.22. The van der Waals surface area contributed by atoms with E-state index in [1.807, 2.05) is 55.6 Å². The summed E-state index contributed by atoms with van der Waals surface area (Å²) in [5.41, 5.74) is 2.63. The first-order valence-electron chi connectivity index (χ1n) is 11.6. The second kappa shape index (κ2) is 11.0. The van der Waals surface area contributed by atoms with Crippen LogP contribution in [0, 0.1) is 0 Å². The van der Waals surface area contributed by atoms with E-state index in [1.54, 1.807) is 18.0 Å². The van der Waals surface area contributed by atoms with Crippen molar-refractivity contribution in [1.29, 1.82) is 0 Å². The topological polar surface area (TPSA) is 70.6 Å². The third-order valence-corrected chi connectivity index (χ3v) is 6.02. The highest BCUT2D eigenvalue weighted by Gasteiger charge is 2.37. The molecule has 0 fully saturated rings. The number of rotatable bonds is 8. The average molecular weight is 500 g/mol. The molecule has 0 saturated carbocycles. The lowest BCUT2D eigenvalue weighted by molar-refractivity contribution is -0.144. The Morgan fingerprint density at radius 3 is 2.61 bits per heavy atom. The first-order valence-corrected chi connectivity index (χ1v) is 11.6. The van der Waals surface area contributed by atoms with E-state index in [-0.39, 0.29) is 24.0 Å². The number of ether oxygens (including phenoxy) is 1. The fourth-order valence-electron chi connectivity index (χ4n) is 4.10. The molecule has 36 heavy (non-hydrogen) atoms. The van der Waals surface area contributed by atoms with Crippen LogP contribution in [0.3, 0.4) is 0 Å². The molecule has 0 aliphatic carbocycles. The Kier molecular flexibility index (Phi) is 7.85. The van der Waals surface area contributed by atoms with Crippen LogP contribution >= 0.6 is 0 Å². The van der Waals surface area contributed by atoms with E-state index < -0.39 is 17.9 Å². The van der Waals surface area contributed by atoms with Gasteiger partial charge >= 0.3 is 6.18 Å². The third-order valence-electron chi connectivity index (χ3n) is 6.02. The first kappa shape index (κ1) is 25.6. The van der Waals surface area contributed by atoms with Crippen LogP contribution < -0.4 is 15.1 Å². The van der Waals surface area contributed by atoms with Crippen LogP contribution in [-0.4, -0.2) is 49.6 Å². The molecule has 190 valence electrons. The third kappa shape index (κ3) is 5.83. The zero-order valence-corrected chi connectivity index (χ0v) is 20.1. The van der Waals surface area contributed by atoms with Gasteiger partial charge in [0.2, 0.25) is 5.82 Å². The van der Waals surface area contributed by atoms with Crippen molar-refractivity contribution in [2.45, 2.75) is 25.3 Å². The molecule has 1 N–H and O–H groups in total. The maximum atomic E-state index is 13.3. The van der Waals surface area contributed by atoms with Gasteiger partial charge in [-0.05, 0) is 43.3 Å². The normalized spacial score (nSPS) is 15.0. The molecule has 0 saturated heterocycles. The van der Waals surface area contributed by atoms with Gasteiger partial charge in [0.1, 0.15) is 11.4 Å². The van der Waals surface area contributed by atoms with E-state index in [2.05, 4.69) is 15.3 Å². The van der Waals surface area contributed by atoms with Crippen LogP contribution in [0.4, 0.5) is 24.7 Å². The van der Waals surface area contributed by atoms with E-state index in [9.17, 15) is 18.0 Å². The second-order valence-electron chi connectivity index (χ2n) is 8.58. The second-order valence-corrected chi connectivity index (χ2v) is 8.58. The Labute approximate surface area is 207 Å². The molecule has 0 bridgehead atoms. The van der Waals surface area contributed by atoms with Crippen LogP contribution in [0.5, 0.6) is 0 Å². The molecule has 7 nitrogen and oxygen atoms in total. The number of hydrogen-bond donors (Lipinski definition) is 1. The van der Waals surface area contributed by atoms with Crippen molar-refractivity contribution in [2.24, 2.45) is 0 Å². The van der Waals surface area contributed by atoms with E-state index in [1.165, 1.54) is 4.90 Å². The maximum Gasteiger partial charge on any atom is 0.451 e. The van der Waals surface area contributed by atoms with Crippen molar-refractivity contribution < 1.29 is 22.7 Å². The zero-order chi connectivity index (χ0) is 25.7. The first-order chi connectivity index (χ1) is 17.3. The van der Waals surface area contributed by atoms with Gasteiger partial charge in [-0.3, -0.25) is 4.79 Å². The van der Waals surface area contributed by atoms with E-state index in [0.717, 1.165) is 30.3 Å². The van der Waals surface area contributed by atoms with Crippen LogP contribution in [0.15, 0.2) is 60.8 Å². The van der Waals surface area contributed by atoms with Gasteiger partial charge in [0.05, 0.1) is 12.7 Å². The molecule has 1 amide bonds. The minimum Gasteiger partial charge on any atom is -0.369 e. The molecular weight excluding hydrogens is 471 g/mol. The summed E-state index contributed by atoms with van der Waals surface area (Å²) in [5, 5.41) is 3.15. The van der Waals surface area contributed by atoms with Gasteiger partial charge in [0, 0.05) is 32.0 Å². The van der Waals surface area contributed by atoms with Crippen molar-refractivity contribution in [3.8, 4) is 0 Å². The van der Waals surface area contributed by atoms with Gasteiger partial charge < -0.3 is 19.9 Å². The number of amides is 1. The summed E-state index contributed by atoms with van der Waals surface area (Å²) in [5.74, 6) is -1.74. The fourth-order valence-corrected chi connectivity index (χ4v) is 4.10. The maximum absolute atomic E-state index is 13.3. The summed E-state index contributed by atoms with van der Waals surface area (Å²) < 4.78 is 45.6. The number of aromatic nitrogens is 2. The number of halogens is 3. The number of carbonyl (C=O) groups excluding carboxylic acids is 1.